The van der Waals surface area contributed by atoms with Gasteiger partial charge in [-0.25, -0.2) is 0 Å². The molecule has 0 atom stereocenters. The van der Waals surface area contributed by atoms with Crippen molar-refractivity contribution in [3.63, 3.8) is 0 Å². The topological polar surface area (TPSA) is 4.93 Å². The van der Waals surface area contributed by atoms with E-state index in [0.717, 1.165) is 0 Å². The number of rotatable bonds is 5. The van der Waals surface area contributed by atoms with E-state index >= 15 is 0 Å². The lowest BCUT2D eigenvalue weighted by Gasteiger charge is -2.32. The molecule has 0 spiro atoms. The van der Waals surface area contributed by atoms with E-state index in [1.54, 1.807) is 0 Å². The van der Waals surface area contributed by atoms with E-state index < -0.39 is 0 Å². The van der Waals surface area contributed by atoms with Gasteiger partial charge in [0.25, 0.3) is 0 Å². The van der Waals surface area contributed by atoms with Crippen molar-refractivity contribution in [1.82, 2.24) is 4.57 Å². The van der Waals surface area contributed by atoms with Crippen LogP contribution in [-0.4, -0.2) is 11.3 Å². The van der Waals surface area contributed by atoms with Crippen LogP contribution in [0.3, 0.4) is 0 Å². The standard InChI is InChI=1S/C39H38BNS/c1-24(2)27-21-31(25(3)4)39(32(22-27)26(5)6)40-33-15-9-12-18-37(33)42-38-23-28(19-20-34(38)40)41-35-16-10-7-13-29(35)30-14-8-11-17-36(30)41/h7-26H,1-6H3. The molecule has 208 valence electrons. The van der Waals surface area contributed by atoms with Gasteiger partial charge in [-0.2, -0.15) is 0 Å². The van der Waals surface area contributed by atoms with E-state index in [1.807, 2.05) is 11.8 Å². The van der Waals surface area contributed by atoms with Gasteiger partial charge in [0.2, 0.25) is 6.71 Å². The maximum absolute atomic E-state index is 2.51. The third-order valence-electron chi connectivity index (χ3n) is 9.06. The summed E-state index contributed by atoms with van der Waals surface area (Å²) in [6.45, 7) is 14.3. The average Bonchev–Trinajstić information content (AvgIpc) is 3.33. The van der Waals surface area contributed by atoms with Crippen molar-refractivity contribution in [1.29, 1.82) is 0 Å². The Hall–Kier alpha value is -3.69. The normalized spacial score (nSPS) is 13.0. The van der Waals surface area contributed by atoms with Gasteiger partial charge in [0.05, 0.1) is 11.0 Å². The molecule has 5 aromatic carbocycles. The monoisotopic (exact) mass is 563 g/mol. The first-order valence-corrected chi connectivity index (χ1v) is 16.2. The molecule has 0 fully saturated rings. The summed E-state index contributed by atoms with van der Waals surface area (Å²) in [5, 5.41) is 2.60. The van der Waals surface area contributed by atoms with Crippen LogP contribution in [0.25, 0.3) is 27.5 Å². The van der Waals surface area contributed by atoms with Gasteiger partial charge in [-0.3, -0.25) is 0 Å². The molecule has 0 aliphatic carbocycles. The van der Waals surface area contributed by atoms with Crippen molar-refractivity contribution in [2.24, 2.45) is 0 Å². The summed E-state index contributed by atoms with van der Waals surface area (Å²) in [7, 11) is 0. The molecule has 0 N–H and O–H groups in total. The van der Waals surface area contributed by atoms with Gasteiger partial charge in [-0.05, 0) is 64.8 Å². The van der Waals surface area contributed by atoms with Crippen molar-refractivity contribution in [2.45, 2.75) is 69.1 Å². The van der Waals surface area contributed by atoms with Gasteiger partial charge in [0, 0.05) is 26.3 Å². The summed E-state index contributed by atoms with van der Waals surface area (Å²) < 4.78 is 2.44. The first-order valence-electron chi connectivity index (χ1n) is 15.4. The lowest BCUT2D eigenvalue weighted by molar-refractivity contribution is 0.812. The first-order chi connectivity index (χ1) is 20.3. The number of benzene rings is 5. The number of aromatic nitrogens is 1. The van der Waals surface area contributed by atoms with Crippen molar-refractivity contribution in [2.75, 3.05) is 0 Å². The smallest absolute Gasteiger partial charge is 0.244 e. The highest BCUT2D eigenvalue weighted by atomic mass is 32.2. The largest absolute Gasteiger partial charge is 0.309 e. The molecule has 3 heteroatoms. The summed E-state index contributed by atoms with van der Waals surface area (Å²) >= 11 is 1.93. The van der Waals surface area contributed by atoms with Gasteiger partial charge < -0.3 is 4.57 Å². The Kier molecular flexibility index (Phi) is 6.82. The Morgan fingerprint density at radius 2 is 1.10 bits per heavy atom. The van der Waals surface area contributed by atoms with Gasteiger partial charge in [-0.15, -0.1) is 0 Å². The fraction of sp³-hybridized carbons (Fsp3) is 0.231. The molecule has 42 heavy (non-hydrogen) atoms. The molecule has 1 nitrogen and oxygen atoms in total. The van der Waals surface area contributed by atoms with Gasteiger partial charge in [0.15, 0.2) is 0 Å². The van der Waals surface area contributed by atoms with Gasteiger partial charge >= 0.3 is 0 Å². The molecule has 0 unspecified atom stereocenters. The van der Waals surface area contributed by atoms with Crippen molar-refractivity contribution in [3.8, 4) is 5.69 Å². The summed E-state index contributed by atoms with van der Waals surface area (Å²) in [6.07, 6.45) is 0. The predicted molar refractivity (Wildman–Crippen MR) is 185 cm³/mol. The van der Waals surface area contributed by atoms with Crippen LogP contribution in [0.1, 0.15) is 76.0 Å². The second-order valence-electron chi connectivity index (χ2n) is 12.7. The zero-order valence-electron chi connectivity index (χ0n) is 25.5. The molecule has 1 aliphatic heterocycles. The second kappa shape index (κ2) is 10.5. The van der Waals surface area contributed by atoms with Crippen LogP contribution in [0.15, 0.2) is 113 Å². The minimum Gasteiger partial charge on any atom is -0.309 e. The van der Waals surface area contributed by atoms with Crippen LogP contribution < -0.4 is 16.4 Å². The van der Waals surface area contributed by atoms with Crippen LogP contribution in [0, 0.1) is 0 Å². The second-order valence-corrected chi connectivity index (χ2v) is 13.8. The third-order valence-corrected chi connectivity index (χ3v) is 10.2. The molecule has 0 radical (unpaired) electrons. The molecular formula is C39H38BNS. The number of para-hydroxylation sites is 2. The van der Waals surface area contributed by atoms with E-state index in [9.17, 15) is 0 Å². The van der Waals surface area contributed by atoms with Crippen LogP contribution >= 0.6 is 11.8 Å². The van der Waals surface area contributed by atoms with Crippen molar-refractivity contribution in [3.05, 3.63) is 120 Å². The Labute approximate surface area is 255 Å². The molecular weight excluding hydrogens is 525 g/mol. The maximum Gasteiger partial charge on any atom is 0.244 e. The molecule has 1 aromatic heterocycles. The SMILES string of the molecule is CC(C)c1cc(C(C)C)c(B2c3ccccc3Sc3cc(-n4c5ccccc5c5ccccc54)ccc32)c(C(C)C)c1. The zero-order valence-corrected chi connectivity index (χ0v) is 26.3. The van der Waals surface area contributed by atoms with E-state index in [4.69, 9.17) is 0 Å². The molecule has 0 saturated heterocycles. The molecule has 0 saturated carbocycles. The summed E-state index contributed by atoms with van der Waals surface area (Å²) in [6, 6.07) is 38.9. The van der Waals surface area contributed by atoms with Gasteiger partial charge in [0.1, 0.15) is 0 Å². The quantitative estimate of drug-likeness (QED) is 0.189. The number of nitrogens with zero attached hydrogens (tertiary/aromatic N) is 1. The number of fused-ring (bicyclic) bond motifs is 5. The van der Waals surface area contributed by atoms with E-state index in [0.29, 0.717) is 17.8 Å². The Bertz CT molecular complexity index is 1880. The summed E-state index contributed by atoms with van der Waals surface area (Å²) in [5.74, 6) is 1.39. The molecule has 1 aliphatic rings. The minimum absolute atomic E-state index is 0.209. The lowest BCUT2D eigenvalue weighted by atomic mass is 9.34. The third kappa shape index (κ3) is 4.33. The van der Waals surface area contributed by atoms with Crippen LogP contribution in [0.5, 0.6) is 0 Å². The zero-order chi connectivity index (χ0) is 29.1. The molecule has 0 bridgehead atoms. The molecule has 0 amide bonds. The summed E-state index contributed by atoms with van der Waals surface area (Å²) in [5.41, 5.74) is 12.5. The summed E-state index contributed by atoms with van der Waals surface area (Å²) in [4.78, 5) is 2.72. The Morgan fingerprint density at radius 1 is 0.548 bits per heavy atom. The number of hydrogen-bond donors (Lipinski definition) is 0. The first kappa shape index (κ1) is 27.2. The van der Waals surface area contributed by atoms with Crippen LogP contribution in [0.2, 0.25) is 0 Å². The highest BCUT2D eigenvalue weighted by Crippen LogP contribution is 2.36. The predicted octanol–water partition coefficient (Wildman–Crippen LogP) is 9.13. The van der Waals surface area contributed by atoms with E-state index in [1.165, 1.54) is 70.4 Å². The Balaban J connectivity index is 1.49. The average molecular weight is 564 g/mol. The maximum atomic E-state index is 2.51. The fourth-order valence-corrected chi connectivity index (χ4v) is 8.11. The van der Waals surface area contributed by atoms with Crippen molar-refractivity contribution >= 4 is 56.7 Å². The lowest BCUT2D eigenvalue weighted by Crippen LogP contribution is -2.57. The van der Waals surface area contributed by atoms with E-state index in [2.05, 4.69) is 149 Å². The van der Waals surface area contributed by atoms with Crippen LogP contribution in [-0.2, 0) is 0 Å². The molecule has 2 heterocycles. The van der Waals surface area contributed by atoms with Crippen molar-refractivity contribution < 1.29 is 0 Å². The van der Waals surface area contributed by atoms with E-state index in [-0.39, 0.29) is 6.71 Å². The fourth-order valence-electron chi connectivity index (χ4n) is 6.94. The number of hydrogen-bond acceptors (Lipinski definition) is 1. The highest BCUT2D eigenvalue weighted by molar-refractivity contribution is 8.00. The highest BCUT2D eigenvalue weighted by Gasteiger charge is 2.35. The molecule has 6 aromatic rings. The van der Waals surface area contributed by atoms with Crippen LogP contribution in [0.4, 0.5) is 0 Å². The van der Waals surface area contributed by atoms with Gasteiger partial charge in [-0.1, -0.05) is 142 Å². The minimum atomic E-state index is 0.209. The Morgan fingerprint density at radius 3 is 1.69 bits per heavy atom. The molecule has 7 rings (SSSR count).